The molecular weight excluding hydrogens is 495 g/mol. The van der Waals surface area contributed by atoms with Gasteiger partial charge in [0, 0.05) is 49.2 Å². The van der Waals surface area contributed by atoms with E-state index in [1.807, 2.05) is 24.3 Å². The summed E-state index contributed by atoms with van der Waals surface area (Å²) in [5.41, 5.74) is 1.81. The van der Waals surface area contributed by atoms with Crippen molar-refractivity contribution in [1.29, 1.82) is 0 Å². The van der Waals surface area contributed by atoms with E-state index in [-0.39, 0.29) is 31.4 Å². The largest absolute Gasteiger partial charge is 0.438 e. The smallest absolute Gasteiger partial charge is 0.239 e. The molecule has 2 heterocycles. The van der Waals surface area contributed by atoms with Gasteiger partial charge in [-0.1, -0.05) is 34.8 Å². The fraction of sp³-hybridized carbons (Fsp3) is 0.190. The summed E-state index contributed by atoms with van der Waals surface area (Å²) in [4.78, 5) is 6.32. The molecule has 1 saturated heterocycles. The van der Waals surface area contributed by atoms with Crippen molar-refractivity contribution in [2.24, 2.45) is 5.14 Å². The minimum absolute atomic E-state index is 0.102. The molecule has 32 heavy (non-hydrogen) atoms. The number of halogens is 3. The van der Waals surface area contributed by atoms with Gasteiger partial charge in [-0.25, -0.2) is 18.5 Å². The molecule has 3 N–H and O–H groups in total. The molecular formula is C21H19Cl3N4O3S. The zero-order valence-corrected chi connectivity index (χ0v) is 19.8. The summed E-state index contributed by atoms with van der Waals surface area (Å²) in [5, 5.41) is 8.90. The molecule has 168 valence electrons. The Balaban J connectivity index is 1.58. The van der Waals surface area contributed by atoms with Gasteiger partial charge in [0.2, 0.25) is 15.9 Å². The second-order valence-electron chi connectivity index (χ2n) is 7.12. The van der Waals surface area contributed by atoms with Crippen LogP contribution in [0.2, 0.25) is 15.1 Å². The third kappa shape index (κ3) is 4.96. The van der Waals surface area contributed by atoms with Gasteiger partial charge in [0.15, 0.2) is 0 Å². The van der Waals surface area contributed by atoms with E-state index < -0.39 is 10.0 Å². The quantitative estimate of drug-likeness (QED) is 0.519. The first-order chi connectivity index (χ1) is 15.2. The lowest BCUT2D eigenvalue weighted by atomic mass is 10.1. The van der Waals surface area contributed by atoms with Crippen LogP contribution >= 0.6 is 34.8 Å². The van der Waals surface area contributed by atoms with Gasteiger partial charge in [-0.15, -0.1) is 0 Å². The predicted molar refractivity (Wildman–Crippen MR) is 128 cm³/mol. The summed E-state index contributed by atoms with van der Waals surface area (Å²) < 4.78 is 29.4. The maximum atomic E-state index is 11.8. The summed E-state index contributed by atoms with van der Waals surface area (Å²) in [6.45, 7) is 3.82. The molecule has 0 unspecified atom stereocenters. The number of hydrogen-bond acceptors (Lipinski definition) is 6. The Kier molecular flexibility index (Phi) is 6.80. The number of primary sulfonamides is 1. The van der Waals surface area contributed by atoms with E-state index in [1.54, 1.807) is 6.07 Å². The molecule has 0 atom stereocenters. The normalized spacial score (nSPS) is 14.4. The minimum Gasteiger partial charge on any atom is -0.438 e. The van der Waals surface area contributed by atoms with Crippen LogP contribution in [0, 0.1) is 0 Å². The van der Waals surface area contributed by atoms with Crippen molar-refractivity contribution in [1.82, 2.24) is 10.3 Å². The van der Waals surface area contributed by atoms with Crippen molar-refractivity contribution in [3.05, 3.63) is 63.7 Å². The Bertz CT molecular complexity index is 1250. The predicted octanol–water partition coefficient (Wildman–Crippen LogP) is 4.56. The van der Waals surface area contributed by atoms with Crippen molar-refractivity contribution in [2.75, 3.05) is 31.1 Å². The first-order valence-corrected chi connectivity index (χ1v) is 12.3. The van der Waals surface area contributed by atoms with Gasteiger partial charge in [-0.05, 0) is 42.5 Å². The van der Waals surface area contributed by atoms with E-state index in [0.29, 0.717) is 11.3 Å². The average Bonchev–Trinajstić information content (AvgIpc) is 2.76. The molecule has 0 spiro atoms. The Morgan fingerprint density at radius 3 is 2.31 bits per heavy atom. The highest BCUT2D eigenvalue weighted by molar-refractivity contribution is 7.89. The van der Waals surface area contributed by atoms with Crippen LogP contribution in [0.1, 0.15) is 0 Å². The number of anilines is 1. The summed E-state index contributed by atoms with van der Waals surface area (Å²) in [7, 11) is -4.03. The second kappa shape index (κ2) is 9.43. The Labute approximate surface area is 201 Å². The maximum Gasteiger partial charge on any atom is 0.239 e. The molecule has 4 rings (SSSR count). The first kappa shape index (κ1) is 23.1. The van der Waals surface area contributed by atoms with Gasteiger partial charge in [-0.3, -0.25) is 0 Å². The number of piperazine rings is 1. The lowest BCUT2D eigenvalue weighted by Crippen LogP contribution is -2.43. The van der Waals surface area contributed by atoms with Crippen LogP contribution in [0.5, 0.6) is 11.6 Å². The second-order valence-corrected chi connectivity index (χ2v) is 9.85. The number of nitrogens with two attached hydrogens (primary N) is 1. The van der Waals surface area contributed by atoms with Gasteiger partial charge in [0.05, 0.1) is 10.0 Å². The SMILES string of the molecule is NS(=O)(=O)c1ccc(Cl)c(-c2cnc(Oc3ccc(N4CCNCC4)cc3)c(Cl)c2)c1Cl. The first-order valence-electron chi connectivity index (χ1n) is 9.64. The molecule has 1 aliphatic rings. The monoisotopic (exact) mass is 512 g/mol. The molecule has 2 aromatic carbocycles. The number of sulfonamides is 1. The highest BCUT2D eigenvalue weighted by atomic mass is 35.5. The molecule has 0 saturated carbocycles. The number of ether oxygens (including phenoxy) is 1. The number of nitrogens with zero attached hydrogens (tertiary/aromatic N) is 2. The minimum atomic E-state index is -4.03. The van der Waals surface area contributed by atoms with Crippen LogP contribution in [0.25, 0.3) is 11.1 Å². The van der Waals surface area contributed by atoms with Crippen LogP contribution in [0.15, 0.2) is 53.6 Å². The van der Waals surface area contributed by atoms with Gasteiger partial charge in [0.25, 0.3) is 0 Å². The number of pyridine rings is 1. The van der Waals surface area contributed by atoms with Crippen molar-refractivity contribution in [3.8, 4) is 22.8 Å². The Hall–Kier alpha value is -2.07. The van der Waals surface area contributed by atoms with Crippen LogP contribution in [-0.4, -0.2) is 39.6 Å². The number of hydrogen-bond donors (Lipinski definition) is 2. The molecule has 0 bridgehead atoms. The maximum absolute atomic E-state index is 11.8. The number of nitrogens with one attached hydrogen (secondary N) is 1. The summed E-state index contributed by atoms with van der Waals surface area (Å²) >= 11 is 18.9. The van der Waals surface area contributed by atoms with E-state index in [2.05, 4.69) is 15.2 Å². The summed E-state index contributed by atoms with van der Waals surface area (Å²) in [6, 6.07) is 11.9. The molecule has 1 fully saturated rings. The number of benzene rings is 2. The van der Waals surface area contributed by atoms with E-state index in [4.69, 9.17) is 44.7 Å². The van der Waals surface area contributed by atoms with E-state index in [9.17, 15) is 8.42 Å². The zero-order valence-electron chi connectivity index (χ0n) is 16.7. The van der Waals surface area contributed by atoms with Gasteiger partial charge in [-0.2, -0.15) is 0 Å². The molecule has 7 nitrogen and oxygen atoms in total. The number of rotatable bonds is 5. The Morgan fingerprint density at radius 2 is 1.69 bits per heavy atom. The third-order valence-electron chi connectivity index (χ3n) is 4.99. The zero-order chi connectivity index (χ0) is 22.9. The van der Waals surface area contributed by atoms with E-state index in [1.165, 1.54) is 18.3 Å². The Morgan fingerprint density at radius 1 is 1.00 bits per heavy atom. The lowest BCUT2D eigenvalue weighted by molar-refractivity contribution is 0.463. The summed E-state index contributed by atoms with van der Waals surface area (Å²) in [6.07, 6.45) is 1.45. The fourth-order valence-electron chi connectivity index (χ4n) is 3.41. The van der Waals surface area contributed by atoms with Crippen LogP contribution in [0.4, 0.5) is 5.69 Å². The highest BCUT2D eigenvalue weighted by Gasteiger charge is 2.21. The highest BCUT2D eigenvalue weighted by Crippen LogP contribution is 2.40. The molecule has 1 aliphatic heterocycles. The molecule has 3 aromatic rings. The lowest BCUT2D eigenvalue weighted by Gasteiger charge is -2.29. The van der Waals surface area contributed by atoms with Gasteiger partial charge < -0.3 is 15.0 Å². The third-order valence-corrected chi connectivity index (χ3v) is 7.04. The topological polar surface area (TPSA) is 97.6 Å². The van der Waals surface area contributed by atoms with Crippen molar-refractivity contribution < 1.29 is 13.2 Å². The summed E-state index contributed by atoms with van der Waals surface area (Å²) in [5.74, 6) is 0.776. The van der Waals surface area contributed by atoms with Crippen LogP contribution in [-0.2, 0) is 10.0 Å². The standard InChI is InChI=1S/C21H19Cl3N4O3S/c22-16-5-6-18(32(25,29)30)20(24)19(16)13-11-17(23)21(27-12-13)31-15-3-1-14(2-4-15)28-9-7-26-8-10-28/h1-6,11-12,26H,7-10H2,(H2,25,29,30). The van der Waals surface area contributed by atoms with Crippen LogP contribution < -0.4 is 20.1 Å². The number of aromatic nitrogens is 1. The van der Waals surface area contributed by atoms with Gasteiger partial charge >= 0.3 is 0 Å². The van der Waals surface area contributed by atoms with Crippen molar-refractivity contribution in [3.63, 3.8) is 0 Å². The van der Waals surface area contributed by atoms with E-state index in [0.717, 1.165) is 31.9 Å². The molecule has 11 heteroatoms. The molecule has 0 radical (unpaired) electrons. The van der Waals surface area contributed by atoms with Gasteiger partial charge in [0.1, 0.15) is 15.7 Å². The average molecular weight is 514 g/mol. The molecule has 0 aliphatic carbocycles. The molecule has 1 aromatic heterocycles. The van der Waals surface area contributed by atoms with Crippen molar-refractivity contribution in [2.45, 2.75) is 4.90 Å². The molecule has 0 amide bonds. The van der Waals surface area contributed by atoms with Crippen LogP contribution in [0.3, 0.4) is 0 Å². The van der Waals surface area contributed by atoms with Crippen molar-refractivity contribution >= 4 is 50.5 Å². The fourth-order valence-corrected chi connectivity index (χ4v) is 5.14. The van der Waals surface area contributed by atoms with E-state index >= 15 is 0 Å².